The maximum atomic E-state index is 5.44. The van der Waals surface area contributed by atoms with Gasteiger partial charge in [0.15, 0.2) is 0 Å². The molecule has 0 atom stereocenters. The number of hydrogen-bond donors (Lipinski definition) is 0. The lowest BCUT2D eigenvalue weighted by molar-refractivity contribution is 0.392. The van der Waals surface area contributed by atoms with E-state index in [0.717, 1.165) is 29.4 Å². The SMILES string of the molecule is CCc1ccc(-c2noc(CSC(=S)N3CCCC3)n2)cc1. The molecule has 2 heterocycles. The molecular formula is C16H19N3OS2. The molecule has 0 amide bonds. The Bertz CT molecular complexity index is 633. The second-order valence-electron chi connectivity index (χ2n) is 5.31. The zero-order valence-electron chi connectivity index (χ0n) is 12.6. The maximum Gasteiger partial charge on any atom is 0.237 e. The lowest BCUT2D eigenvalue weighted by Gasteiger charge is -2.16. The van der Waals surface area contributed by atoms with Gasteiger partial charge in [-0.2, -0.15) is 4.98 Å². The third-order valence-corrected chi connectivity index (χ3v) is 5.28. The summed E-state index contributed by atoms with van der Waals surface area (Å²) in [6.45, 7) is 4.29. The van der Waals surface area contributed by atoms with E-state index in [4.69, 9.17) is 16.7 Å². The summed E-state index contributed by atoms with van der Waals surface area (Å²) in [4.78, 5) is 6.71. The lowest BCUT2D eigenvalue weighted by Crippen LogP contribution is -2.23. The van der Waals surface area contributed by atoms with Crippen LogP contribution in [0.15, 0.2) is 28.8 Å². The van der Waals surface area contributed by atoms with Gasteiger partial charge in [-0.05, 0) is 24.8 Å². The molecule has 116 valence electrons. The summed E-state index contributed by atoms with van der Waals surface area (Å²) >= 11 is 7.04. The fourth-order valence-electron chi connectivity index (χ4n) is 2.43. The number of aromatic nitrogens is 2. The highest BCUT2D eigenvalue weighted by molar-refractivity contribution is 8.22. The van der Waals surface area contributed by atoms with Crippen LogP contribution in [0.5, 0.6) is 0 Å². The molecule has 3 rings (SSSR count). The Morgan fingerprint density at radius 3 is 2.68 bits per heavy atom. The van der Waals surface area contributed by atoms with Crippen LogP contribution >= 0.6 is 24.0 Å². The quantitative estimate of drug-likeness (QED) is 0.790. The molecular weight excluding hydrogens is 314 g/mol. The fraction of sp³-hybridized carbons (Fsp3) is 0.438. The first kappa shape index (κ1) is 15.5. The summed E-state index contributed by atoms with van der Waals surface area (Å²) in [6.07, 6.45) is 3.50. The number of aryl methyl sites for hydroxylation is 1. The number of likely N-dealkylation sites (tertiary alicyclic amines) is 1. The van der Waals surface area contributed by atoms with Crippen LogP contribution < -0.4 is 0 Å². The van der Waals surface area contributed by atoms with Gasteiger partial charge in [0.05, 0.1) is 5.75 Å². The topological polar surface area (TPSA) is 42.2 Å². The van der Waals surface area contributed by atoms with Gasteiger partial charge in [-0.3, -0.25) is 0 Å². The van der Waals surface area contributed by atoms with E-state index < -0.39 is 0 Å². The minimum absolute atomic E-state index is 0.626. The van der Waals surface area contributed by atoms with Gasteiger partial charge < -0.3 is 9.42 Å². The number of rotatable bonds is 4. The Morgan fingerprint density at radius 2 is 2.00 bits per heavy atom. The molecule has 1 aromatic heterocycles. The Kier molecular flexibility index (Phi) is 5.10. The monoisotopic (exact) mass is 333 g/mol. The molecule has 2 aromatic rings. The van der Waals surface area contributed by atoms with E-state index >= 15 is 0 Å². The average Bonchev–Trinajstić information content (AvgIpc) is 3.24. The standard InChI is InChI=1S/C16H19N3OS2/c1-2-12-5-7-13(8-6-12)15-17-14(20-18-15)11-22-16(21)19-9-3-4-10-19/h5-8H,2-4,9-11H2,1H3. The van der Waals surface area contributed by atoms with Crippen molar-refractivity contribution >= 4 is 28.3 Å². The molecule has 4 nitrogen and oxygen atoms in total. The second-order valence-corrected chi connectivity index (χ2v) is 6.92. The summed E-state index contributed by atoms with van der Waals surface area (Å²) in [6, 6.07) is 8.27. The van der Waals surface area contributed by atoms with Crippen LogP contribution in [0.3, 0.4) is 0 Å². The van der Waals surface area contributed by atoms with Crippen molar-refractivity contribution in [1.82, 2.24) is 15.0 Å². The first-order chi connectivity index (χ1) is 10.8. The highest BCUT2D eigenvalue weighted by atomic mass is 32.2. The van der Waals surface area contributed by atoms with Crippen LogP contribution in [-0.2, 0) is 12.2 Å². The van der Waals surface area contributed by atoms with Crippen molar-refractivity contribution in [2.45, 2.75) is 31.9 Å². The van der Waals surface area contributed by atoms with Crippen LogP contribution in [0.1, 0.15) is 31.2 Å². The minimum atomic E-state index is 0.626. The average molecular weight is 333 g/mol. The minimum Gasteiger partial charge on any atom is -0.358 e. The van der Waals surface area contributed by atoms with E-state index in [-0.39, 0.29) is 0 Å². The number of thioether (sulfide) groups is 1. The van der Waals surface area contributed by atoms with E-state index in [1.807, 2.05) is 12.1 Å². The molecule has 0 aliphatic carbocycles. The molecule has 0 saturated carbocycles. The molecule has 1 saturated heterocycles. The summed E-state index contributed by atoms with van der Waals surface area (Å²) in [5.74, 6) is 1.90. The molecule has 1 fully saturated rings. The van der Waals surface area contributed by atoms with Gasteiger partial charge in [0, 0.05) is 18.7 Å². The van der Waals surface area contributed by atoms with Crippen molar-refractivity contribution in [3.05, 3.63) is 35.7 Å². The van der Waals surface area contributed by atoms with E-state index in [0.29, 0.717) is 17.5 Å². The molecule has 0 unspecified atom stereocenters. The molecule has 1 aliphatic rings. The normalized spacial score (nSPS) is 14.5. The van der Waals surface area contributed by atoms with E-state index in [1.165, 1.54) is 18.4 Å². The number of hydrogen-bond acceptors (Lipinski definition) is 5. The number of nitrogens with zero attached hydrogens (tertiary/aromatic N) is 3. The Labute approximate surface area is 140 Å². The highest BCUT2D eigenvalue weighted by Gasteiger charge is 2.16. The zero-order valence-corrected chi connectivity index (χ0v) is 14.3. The van der Waals surface area contributed by atoms with E-state index in [1.54, 1.807) is 11.8 Å². The van der Waals surface area contributed by atoms with Crippen molar-refractivity contribution in [3.8, 4) is 11.4 Å². The van der Waals surface area contributed by atoms with E-state index in [2.05, 4.69) is 34.1 Å². The van der Waals surface area contributed by atoms with Gasteiger partial charge >= 0.3 is 0 Å². The first-order valence-electron chi connectivity index (χ1n) is 7.60. The molecule has 22 heavy (non-hydrogen) atoms. The van der Waals surface area contributed by atoms with Gasteiger partial charge in [0.2, 0.25) is 11.7 Å². The Morgan fingerprint density at radius 1 is 1.27 bits per heavy atom. The highest BCUT2D eigenvalue weighted by Crippen LogP contribution is 2.22. The van der Waals surface area contributed by atoms with Gasteiger partial charge in [0.25, 0.3) is 0 Å². The van der Waals surface area contributed by atoms with Crippen molar-refractivity contribution < 1.29 is 4.52 Å². The van der Waals surface area contributed by atoms with Gasteiger partial charge in [-0.15, -0.1) is 0 Å². The van der Waals surface area contributed by atoms with Gasteiger partial charge in [-0.25, -0.2) is 0 Å². The zero-order chi connectivity index (χ0) is 15.4. The molecule has 1 aromatic carbocycles. The predicted octanol–water partition coefficient (Wildman–Crippen LogP) is 3.91. The van der Waals surface area contributed by atoms with Crippen LogP contribution in [-0.4, -0.2) is 32.5 Å². The van der Waals surface area contributed by atoms with Crippen LogP contribution in [0.25, 0.3) is 11.4 Å². The van der Waals surface area contributed by atoms with Crippen molar-refractivity contribution in [1.29, 1.82) is 0 Å². The molecule has 0 bridgehead atoms. The van der Waals surface area contributed by atoms with Crippen molar-refractivity contribution in [2.75, 3.05) is 13.1 Å². The Hall–Kier alpha value is -1.40. The number of benzene rings is 1. The number of thiocarbonyl (C=S) groups is 1. The first-order valence-corrected chi connectivity index (χ1v) is 8.99. The van der Waals surface area contributed by atoms with Crippen LogP contribution in [0.2, 0.25) is 0 Å². The molecule has 6 heteroatoms. The largest absolute Gasteiger partial charge is 0.358 e. The molecule has 0 spiro atoms. The maximum absolute atomic E-state index is 5.44. The third kappa shape index (κ3) is 3.67. The van der Waals surface area contributed by atoms with Gasteiger partial charge in [0.1, 0.15) is 4.32 Å². The van der Waals surface area contributed by atoms with Crippen molar-refractivity contribution in [2.24, 2.45) is 0 Å². The summed E-state index contributed by atoms with van der Waals surface area (Å²) < 4.78 is 6.26. The summed E-state index contributed by atoms with van der Waals surface area (Å²) in [5, 5.41) is 4.06. The molecule has 0 N–H and O–H groups in total. The lowest BCUT2D eigenvalue weighted by atomic mass is 10.1. The third-order valence-electron chi connectivity index (χ3n) is 3.77. The Balaban J connectivity index is 1.59. The summed E-state index contributed by atoms with van der Waals surface area (Å²) in [5.41, 5.74) is 2.29. The molecule has 1 aliphatic heterocycles. The second kappa shape index (κ2) is 7.24. The summed E-state index contributed by atoms with van der Waals surface area (Å²) in [7, 11) is 0. The van der Waals surface area contributed by atoms with E-state index in [9.17, 15) is 0 Å². The van der Waals surface area contributed by atoms with Crippen LogP contribution in [0.4, 0.5) is 0 Å². The fourth-order valence-corrected chi connectivity index (χ4v) is 3.52. The predicted molar refractivity (Wildman–Crippen MR) is 93.8 cm³/mol. The molecule has 0 radical (unpaired) electrons. The smallest absolute Gasteiger partial charge is 0.237 e. The van der Waals surface area contributed by atoms with Crippen LogP contribution in [0, 0.1) is 0 Å². The van der Waals surface area contributed by atoms with Gasteiger partial charge in [-0.1, -0.05) is 60.3 Å². The van der Waals surface area contributed by atoms with Crippen molar-refractivity contribution in [3.63, 3.8) is 0 Å².